The van der Waals surface area contributed by atoms with Crippen LogP contribution in [0.15, 0.2) is 54.6 Å². The van der Waals surface area contributed by atoms with Gasteiger partial charge in [-0.1, -0.05) is 60.2 Å². The number of nitrogens with zero attached hydrogens (tertiary/aromatic N) is 1. The molecule has 0 aromatic heterocycles. The van der Waals surface area contributed by atoms with Crippen molar-refractivity contribution in [3.8, 4) is 0 Å². The fraction of sp³-hybridized carbons (Fsp3) is 0.381. The Balaban J connectivity index is 1.63. The molecular weight excluding hydrogens is 312 g/mol. The van der Waals surface area contributed by atoms with E-state index in [0.717, 1.165) is 38.4 Å². The van der Waals surface area contributed by atoms with Crippen LogP contribution in [0.25, 0.3) is 0 Å². The Labute approximate surface area is 149 Å². The second-order valence-electron chi connectivity index (χ2n) is 6.49. The van der Waals surface area contributed by atoms with E-state index >= 15 is 0 Å². The highest BCUT2D eigenvalue weighted by molar-refractivity contribution is 5.97. The van der Waals surface area contributed by atoms with Gasteiger partial charge in [0.25, 0.3) is 0 Å². The van der Waals surface area contributed by atoms with Crippen LogP contribution < -0.4 is 5.32 Å². The van der Waals surface area contributed by atoms with Crippen molar-refractivity contribution < 1.29 is 9.53 Å². The third-order valence-corrected chi connectivity index (χ3v) is 4.67. The van der Waals surface area contributed by atoms with E-state index in [1.165, 1.54) is 11.1 Å². The molecule has 0 bridgehead atoms. The van der Waals surface area contributed by atoms with E-state index in [-0.39, 0.29) is 11.8 Å². The molecule has 0 radical (unpaired) electrons. The minimum atomic E-state index is 0.130. The number of hydrogen-bond donors (Lipinski definition) is 1. The van der Waals surface area contributed by atoms with E-state index in [0.29, 0.717) is 6.54 Å². The van der Waals surface area contributed by atoms with E-state index in [4.69, 9.17) is 4.74 Å². The number of carbonyl (C=O) groups is 1. The van der Waals surface area contributed by atoms with Gasteiger partial charge in [0, 0.05) is 31.2 Å². The standard InChI is InChI=1S/C21H26N2O2/c1-17-7-9-18(10-8-17)20(23-11-13-25-14-12-23)15-22-16-21(24)19-5-3-2-4-6-19/h2-10,20,22H,11-16H2,1H3. The molecule has 1 atom stereocenters. The second-order valence-corrected chi connectivity index (χ2v) is 6.49. The lowest BCUT2D eigenvalue weighted by Crippen LogP contribution is -2.43. The molecule has 25 heavy (non-hydrogen) atoms. The topological polar surface area (TPSA) is 41.6 Å². The molecule has 0 amide bonds. The predicted octanol–water partition coefficient (Wildman–Crippen LogP) is 2.84. The van der Waals surface area contributed by atoms with Gasteiger partial charge in [-0.3, -0.25) is 9.69 Å². The molecule has 1 unspecified atom stereocenters. The molecule has 2 aromatic carbocycles. The first kappa shape index (κ1) is 17.8. The van der Waals surface area contributed by atoms with Crippen LogP contribution in [0.5, 0.6) is 0 Å². The number of nitrogens with one attached hydrogen (secondary N) is 1. The summed E-state index contributed by atoms with van der Waals surface area (Å²) in [6.45, 7) is 6.60. The zero-order chi connectivity index (χ0) is 17.5. The third kappa shape index (κ3) is 4.98. The largest absolute Gasteiger partial charge is 0.379 e. The van der Waals surface area contributed by atoms with Crippen molar-refractivity contribution in [2.24, 2.45) is 0 Å². The lowest BCUT2D eigenvalue weighted by molar-refractivity contribution is 0.0162. The molecule has 0 saturated carbocycles. The van der Waals surface area contributed by atoms with Gasteiger partial charge in [0.15, 0.2) is 5.78 Å². The average Bonchev–Trinajstić information content (AvgIpc) is 2.67. The van der Waals surface area contributed by atoms with E-state index in [9.17, 15) is 4.79 Å². The first-order valence-corrected chi connectivity index (χ1v) is 8.91. The summed E-state index contributed by atoms with van der Waals surface area (Å²) in [7, 11) is 0. The summed E-state index contributed by atoms with van der Waals surface area (Å²) in [6.07, 6.45) is 0. The number of morpholine rings is 1. The van der Waals surface area contributed by atoms with Crippen molar-refractivity contribution in [2.45, 2.75) is 13.0 Å². The van der Waals surface area contributed by atoms with Gasteiger partial charge in [-0.15, -0.1) is 0 Å². The number of benzene rings is 2. The highest BCUT2D eigenvalue weighted by Crippen LogP contribution is 2.21. The van der Waals surface area contributed by atoms with Crippen LogP contribution in [-0.4, -0.2) is 50.1 Å². The van der Waals surface area contributed by atoms with Crippen molar-refractivity contribution in [2.75, 3.05) is 39.4 Å². The van der Waals surface area contributed by atoms with Crippen molar-refractivity contribution in [3.05, 3.63) is 71.3 Å². The van der Waals surface area contributed by atoms with E-state index in [1.54, 1.807) is 0 Å². The molecule has 132 valence electrons. The number of rotatable bonds is 7. The summed E-state index contributed by atoms with van der Waals surface area (Å²) in [4.78, 5) is 14.7. The molecule has 1 fully saturated rings. The van der Waals surface area contributed by atoms with Gasteiger partial charge in [0.1, 0.15) is 0 Å². The first-order valence-electron chi connectivity index (χ1n) is 8.91. The molecule has 0 spiro atoms. The van der Waals surface area contributed by atoms with Gasteiger partial charge in [0.05, 0.1) is 19.8 Å². The van der Waals surface area contributed by atoms with Crippen molar-refractivity contribution >= 4 is 5.78 Å². The highest BCUT2D eigenvalue weighted by atomic mass is 16.5. The lowest BCUT2D eigenvalue weighted by atomic mass is 10.0. The minimum Gasteiger partial charge on any atom is -0.379 e. The van der Waals surface area contributed by atoms with Gasteiger partial charge < -0.3 is 10.1 Å². The van der Waals surface area contributed by atoms with Gasteiger partial charge >= 0.3 is 0 Å². The molecule has 2 aromatic rings. The van der Waals surface area contributed by atoms with Crippen molar-refractivity contribution in [1.82, 2.24) is 10.2 Å². The molecule has 1 N–H and O–H groups in total. The number of carbonyl (C=O) groups excluding carboxylic acids is 1. The van der Waals surface area contributed by atoms with E-state index in [2.05, 4.69) is 41.4 Å². The summed E-state index contributed by atoms with van der Waals surface area (Å²) in [5, 5.41) is 3.36. The Morgan fingerprint density at radius 1 is 1.08 bits per heavy atom. The normalized spacial score (nSPS) is 16.5. The smallest absolute Gasteiger partial charge is 0.176 e. The van der Waals surface area contributed by atoms with E-state index in [1.807, 2.05) is 30.3 Å². The van der Waals surface area contributed by atoms with Crippen LogP contribution in [0.4, 0.5) is 0 Å². The molecule has 0 aliphatic carbocycles. The zero-order valence-electron chi connectivity index (χ0n) is 14.8. The van der Waals surface area contributed by atoms with Crippen LogP contribution in [0.3, 0.4) is 0 Å². The summed E-state index contributed by atoms with van der Waals surface area (Å²) in [6, 6.07) is 18.4. The van der Waals surface area contributed by atoms with Gasteiger partial charge in [-0.25, -0.2) is 0 Å². The lowest BCUT2D eigenvalue weighted by Gasteiger charge is -2.35. The molecule has 1 aliphatic rings. The summed E-state index contributed by atoms with van der Waals surface area (Å²) in [5.41, 5.74) is 3.30. The van der Waals surface area contributed by atoms with Crippen LogP contribution in [0.1, 0.15) is 27.5 Å². The summed E-state index contributed by atoms with van der Waals surface area (Å²) < 4.78 is 5.49. The maximum absolute atomic E-state index is 12.3. The molecule has 3 rings (SSSR count). The Hall–Kier alpha value is -2.01. The van der Waals surface area contributed by atoms with Crippen LogP contribution >= 0.6 is 0 Å². The van der Waals surface area contributed by atoms with E-state index < -0.39 is 0 Å². The first-order chi connectivity index (χ1) is 12.2. The minimum absolute atomic E-state index is 0.130. The second kappa shape index (κ2) is 8.90. The number of Topliss-reactive ketones (excluding diaryl/α,β-unsaturated/α-hetero) is 1. The Morgan fingerprint density at radius 2 is 1.76 bits per heavy atom. The number of ether oxygens (including phenoxy) is 1. The molecule has 4 nitrogen and oxygen atoms in total. The fourth-order valence-electron chi connectivity index (χ4n) is 3.18. The Bertz CT molecular complexity index is 664. The molecule has 1 saturated heterocycles. The third-order valence-electron chi connectivity index (χ3n) is 4.67. The summed E-state index contributed by atoms with van der Waals surface area (Å²) >= 11 is 0. The van der Waals surface area contributed by atoms with Crippen molar-refractivity contribution in [3.63, 3.8) is 0 Å². The Morgan fingerprint density at radius 3 is 2.44 bits per heavy atom. The maximum Gasteiger partial charge on any atom is 0.176 e. The van der Waals surface area contributed by atoms with Crippen molar-refractivity contribution in [1.29, 1.82) is 0 Å². The molecular formula is C21H26N2O2. The van der Waals surface area contributed by atoms with Crippen LogP contribution in [0.2, 0.25) is 0 Å². The van der Waals surface area contributed by atoms with Crippen LogP contribution in [-0.2, 0) is 4.74 Å². The predicted molar refractivity (Wildman–Crippen MR) is 100.0 cm³/mol. The molecule has 1 heterocycles. The maximum atomic E-state index is 12.3. The van der Waals surface area contributed by atoms with Crippen LogP contribution in [0, 0.1) is 6.92 Å². The highest BCUT2D eigenvalue weighted by Gasteiger charge is 2.22. The fourth-order valence-corrected chi connectivity index (χ4v) is 3.18. The number of aryl methyl sites for hydroxylation is 1. The quantitative estimate of drug-likeness (QED) is 0.788. The van der Waals surface area contributed by atoms with Gasteiger partial charge in [0.2, 0.25) is 0 Å². The SMILES string of the molecule is Cc1ccc(C(CNCC(=O)c2ccccc2)N2CCOCC2)cc1. The average molecular weight is 338 g/mol. The molecule has 1 aliphatic heterocycles. The Kier molecular flexibility index (Phi) is 6.34. The zero-order valence-corrected chi connectivity index (χ0v) is 14.8. The monoisotopic (exact) mass is 338 g/mol. The number of ketones is 1. The number of hydrogen-bond acceptors (Lipinski definition) is 4. The van der Waals surface area contributed by atoms with Gasteiger partial charge in [-0.05, 0) is 12.5 Å². The molecule has 4 heteroatoms. The van der Waals surface area contributed by atoms with Gasteiger partial charge in [-0.2, -0.15) is 0 Å². The summed E-state index contributed by atoms with van der Waals surface area (Å²) in [5.74, 6) is 0.130.